The smallest absolute Gasteiger partial charge is 0.416 e. The van der Waals surface area contributed by atoms with Gasteiger partial charge in [-0.25, -0.2) is 0 Å². The van der Waals surface area contributed by atoms with Gasteiger partial charge in [0.15, 0.2) is 0 Å². The Morgan fingerprint density at radius 1 is 1.22 bits per heavy atom. The van der Waals surface area contributed by atoms with E-state index in [-0.39, 0.29) is 36.5 Å². The van der Waals surface area contributed by atoms with Gasteiger partial charge in [0, 0.05) is 20.2 Å². The van der Waals surface area contributed by atoms with Crippen molar-refractivity contribution in [2.75, 3.05) is 39.2 Å². The van der Waals surface area contributed by atoms with Gasteiger partial charge >= 0.3 is 6.18 Å². The van der Waals surface area contributed by atoms with Crippen molar-refractivity contribution < 1.29 is 27.4 Å². The van der Waals surface area contributed by atoms with E-state index in [0.29, 0.717) is 6.61 Å². The summed E-state index contributed by atoms with van der Waals surface area (Å²) in [6.45, 7) is 0.422. The van der Waals surface area contributed by atoms with E-state index < -0.39 is 11.7 Å². The minimum Gasteiger partial charge on any atom is -0.489 e. The number of amides is 1. The first kappa shape index (κ1) is 21.3. The number of ether oxygens (including phenoxy) is 2. The molecule has 1 saturated carbocycles. The number of alkyl halides is 3. The Morgan fingerprint density at radius 3 is 2.56 bits per heavy atom. The van der Waals surface area contributed by atoms with E-state index in [0.717, 1.165) is 37.8 Å². The number of anilines is 1. The molecule has 0 atom stereocenters. The minimum absolute atomic E-state index is 0.0883. The molecule has 0 spiro atoms. The maximum absolute atomic E-state index is 13.0. The standard InChI is InChI=1S/C19H27F3N2O3/c1-24(15-6-4-3-5-7-15)18(25)13-23-16-12-14(19(20,21)22)8-9-17(16)27-11-10-26-2/h8-9,12,15,23H,3-7,10-11,13H2,1-2H3. The summed E-state index contributed by atoms with van der Waals surface area (Å²) in [6, 6.07) is 3.39. The van der Waals surface area contributed by atoms with Gasteiger partial charge in [0.25, 0.3) is 0 Å². The molecule has 0 unspecified atom stereocenters. The number of rotatable bonds is 8. The molecular formula is C19H27F3N2O3. The van der Waals surface area contributed by atoms with Crippen LogP contribution >= 0.6 is 0 Å². The predicted molar refractivity (Wildman–Crippen MR) is 96.9 cm³/mol. The SMILES string of the molecule is COCCOc1ccc(C(F)(F)F)cc1NCC(=O)N(C)C1CCCCC1. The van der Waals surface area contributed by atoms with Gasteiger partial charge in [-0.05, 0) is 31.0 Å². The molecule has 27 heavy (non-hydrogen) atoms. The lowest BCUT2D eigenvalue weighted by Gasteiger charge is -2.31. The molecule has 1 N–H and O–H groups in total. The number of carbonyl (C=O) groups is 1. The number of methoxy groups -OCH3 is 1. The fraction of sp³-hybridized carbons (Fsp3) is 0.632. The number of halogens is 3. The zero-order valence-electron chi connectivity index (χ0n) is 15.8. The lowest BCUT2D eigenvalue weighted by Crippen LogP contribution is -2.41. The molecule has 2 rings (SSSR count). The van der Waals surface area contributed by atoms with Crippen LogP contribution in [0, 0.1) is 0 Å². The van der Waals surface area contributed by atoms with Crippen molar-refractivity contribution in [1.82, 2.24) is 4.90 Å². The fourth-order valence-electron chi connectivity index (χ4n) is 3.17. The molecular weight excluding hydrogens is 361 g/mol. The third kappa shape index (κ3) is 6.30. The first-order valence-electron chi connectivity index (χ1n) is 9.15. The normalized spacial score (nSPS) is 15.4. The highest BCUT2D eigenvalue weighted by molar-refractivity contribution is 5.81. The van der Waals surface area contributed by atoms with E-state index in [1.54, 1.807) is 11.9 Å². The number of benzene rings is 1. The number of likely N-dealkylation sites (N-methyl/N-ethyl adjacent to an activating group) is 1. The molecule has 1 aliphatic rings. The first-order chi connectivity index (χ1) is 12.8. The van der Waals surface area contributed by atoms with E-state index in [9.17, 15) is 18.0 Å². The summed E-state index contributed by atoms with van der Waals surface area (Å²) >= 11 is 0. The van der Waals surface area contributed by atoms with Crippen molar-refractivity contribution in [2.45, 2.75) is 44.3 Å². The topological polar surface area (TPSA) is 50.8 Å². The average molecular weight is 388 g/mol. The van der Waals surface area contributed by atoms with Crippen LogP contribution in [0.3, 0.4) is 0 Å². The molecule has 8 heteroatoms. The minimum atomic E-state index is -4.47. The van der Waals surface area contributed by atoms with E-state index in [2.05, 4.69) is 5.32 Å². The summed E-state index contributed by atoms with van der Waals surface area (Å²) in [5.74, 6) is 0.107. The van der Waals surface area contributed by atoms with Gasteiger partial charge in [-0.3, -0.25) is 4.79 Å². The molecule has 5 nitrogen and oxygen atoms in total. The number of carbonyl (C=O) groups excluding carboxylic acids is 1. The molecule has 1 aromatic carbocycles. The first-order valence-corrected chi connectivity index (χ1v) is 9.15. The third-order valence-electron chi connectivity index (χ3n) is 4.80. The van der Waals surface area contributed by atoms with Crippen molar-refractivity contribution in [1.29, 1.82) is 0 Å². The molecule has 0 heterocycles. The van der Waals surface area contributed by atoms with Gasteiger partial charge in [0.2, 0.25) is 5.91 Å². The van der Waals surface area contributed by atoms with Gasteiger partial charge in [-0.1, -0.05) is 19.3 Å². The van der Waals surface area contributed by atoms with Crippen LogP contribution in [0.25, 0.3) is 0 Å². The second-order valence-electron chi connectivity index (χ2n) is 6.70. The van der Waals surface area contributed by atoms with Crippen molar-refractivity contribution in [2.24, 2.45) is 0 Å². The highest BCUT2D eigenvalue weighted by atomic mass is 19.4. The van der Waals surface area contributed by atoms with Crippen molar-refractivity contribution >= 4 is 11.6 Å². The lowest BCUT2D eigenvalue weighted by atomic mass is 9.94. The Labute approximate surface area is 157 Å². The van der Waals surface area contributed by atoms with E-state index >= 15 is 0 Å². The Hall–Kier alpha value is -1.96. The number of nitrogens with zero attached hydrogens (tertiary/aromatic N) is 1. The quantitative estimate of drug-likeness (QED) is 0.686. The second kappa shape index (κ2) is 9.82. The summed E-state index contributed by atoms with van der Waals surface area (Å²) in [4.78, 5) is 14.1. The summed E-state index contributed by atoms with van der Waals surface area (Å²) < 4.78 is 49.4. The zero-order chi connectivity index (χ0) is 19.9. The Morgan fingerprint density at radius 2 is 1.93 bits per heavy atom. The van der Waals surface area contributed by atoms with E-state index in [4.69, 9.17) is 9.47 Å². The van der Waals surface area contributed by atoms with Gasteiger partial charge in [0.05, 0.1) is 24.4 Å². The summed E-state index contributed by atoms with van der Waals surface area (Å²) in [7, 11) is 3.26. The van der Waals surface area contributed by atoms with Gasteiger partial charge in [-0.2, -0.15) is 13.2 Å². The molecule has 1 aromatic rings. The van der Waals surface area contributed by atoms with Crippen molar-refractivity contribution in [3.8, 4) is 5.75 Å². The Balaban J connectivity index is 2.05. The molecule has 1 amide bonds. The average Bonchev–Trinajstić information content (AvgIpc) is 2.66. The van der Waals surface area contributed by atoms with Gasteiger partial charge in [-0.15, -0.1) is 0 Å². The number of hydrogen-bond donors (Lipinski definition) is 1. The monoisotopic (exact) mass is 388 g/mol. The highest BCUT2D eigenvalue weighted by Gasteiger charge is 2.31. The predicted octanol–water partition coefficient (Wildman–Crippen LogP) is 3.93. The van der Waals surface area contributed by atoms with Crippen molar-refractivity contribution in [3.63, 3.8) is 0 Å². The van der Waals surface area contributed by atoms with Crippen LogP contribution in [-0.2, 0) is 15.7 Å². The summed E-state index contributed by atoms with van der Waals surface area (Å²) in [5, 5.41) is 2.82. The van der Waals surface area contributed by atoms with Crippen LogP contribution in [0.5, 0.6) is 5.75 Å². The van der Waals surface area contributed by atoms with Crippen molar-refractivity contribution in [3.05, 3.63) is 23.8 Å². The molecule has 0 aliphatic heterocycles. The molecule has 152 valence electrons. The van der Waals surface area contributed by atoms with Crippen LogP contribution in [0.2, 0.25) is 0 Å². The van der Waals surface area contributed by atoms with Crippen LogP contribution in [0.4, 0.5) is 18.9 Å². The zero-order valence-corrected chi connectivity index (χ0v) is 15.8. The van der Waals surface area contributed by atoms with Gasteiger partial charge < -0.3 is 19.7 Å². The maximum Gasteiger partial charge on any atom is 0.416 e. The summed E-state index contributed by atoms with van der Waals surface area (Å²) in [5.41, 5.74) is -0.650. The molecule has 0 saturated heterocycles. The molecule has 0 aromatic heterocycles. The largest absolute Gasteiger partial charge is 0.489 e. The maximum atomic E-state index is 13.0. The number of hydrogen-bond acceptors (Lipinski definition) is 4. The van der Waals surface area contributed by atoms with Crippen LogP contribution < -0.4 is 10.1 Å². The molecule has 0 radical (unpaired) electrons. The van der Waals surface area contributed by atoms with E-state index in [1.165, 1.54) is 19.6 Å². The van der Waals surface area contributed by atoms with Crippen LogP contribution in [0.1, 0.15) is 37.7 Å². The van der Waals surface area contributed by atoms with E-state index in [1.807, 2.05) is 0 Å². The lowest BCUT2D eigenvalue weighted by molar-refractivity contribution is -0.137. The molecule has 0 bridgehead atoms. The Kier molecular flexibility index (Phi) is 7.77. The van der Waals surface area contributed by atoms with Gasteiger partial charge in [0.1, 0.15) is 12.4 Å². The Bertz CT molecular complexity index is 617. The molecule has 1 aliphatic carbocycles. The summed E-state index contributed by atoms with van der Waals surface area (Å²) in [6.07, 6.45) is 0.851. The van der Waals surface area contributed by atoms with Crippen LogP contribution in [0.15, 0.2) is 18.2 Å². The fourth-order valence-corrected chi connectivity index (χ4v) is 3.17. The second-order valence-corrected chi connectivity index (χ2v) is 6.70. The van der Waals surface area contributed by atoms with Crippen LogP contribution in [-0.4, -0.2) is 50.8 Å². The number of nitrogens with one attached hydrogen (secondary N) is 1. The molecule has 1 fully saturated rings. The highest BCUT2D eigenvalue weighted by Crippen LogP contribution is 2.35. The third-order valence-corrected chi connectivity index (χ3v) is 4.80.